The molecule has 1 N–H and O–H groups in total. The Balaban J connectivity index is 1.96. The molecule has 2 unspecified atom stereocenters. The summed E-state index contributed by atoms with van der Waals surface area (Å²) in [5.74, 6) is 1.30. The number of aliphatic hydroxyl groups is 1. The van der Waals surface area contributed by atoms with Gasteiger partial charge < -0.3 is 5.11 Å². The van der Waals surface area contributed by atoms with E-state index in [0.29, 0.717) is 24.7 Å². The molecule has 2 aliphatic carbocycles. The van der Waals surface area contributed by atoms with Crippen LogP contribution in [-0.4, -0.2) is 31.1 Å². The van der Waals surface area contributed by atoms with Crippen LogP contribution in [0.4, 0.5) is 0 Å². The van der Waals surface area contributed by atoms with Crippen LogP contribution in [0, 0.1) is 11.8 Å². The third-order valence-electron chi connectivity index (χ3n) is 5.41. The zero-order chi connectivity index (χ0) is 14.6. The number of sulfone groups is 1. The highest BCUT2D eigenvalue weighted by Crippen LogP contribution is 2.45. The van der Waals surface area contributed by atoms with Gasteiger partial charge in [-0.15, -0.1) is 0 Å². The second-order valence-electron chi connectivity index (χ2n) is 7.09. The topological polar surface area (TPSA) is 54.4 Å². The van der Waals surface area contributed by atoms with Crippen molar-refractivity contribution in [3.8, 4) is 0 Å². The SMILES string of the molecule is CS(=O)(=O)CCCC1(O)CCCCC1C1CCCCC1. The van der Waals surface area contributed by atoms with Crippen LogP contribution in [-0.2, 0) is 9.84 Å². The molecule has 0 amide bonds. The van der Waals surface area contributed by atoms with Crippen LogP contribution in [0.1, 0.15) is 70.6 Å². The van der Waals surface area contributed by atoms with Crippen LogP contribution in [0.15, 0.2) is 0 Å². The first-order chi connectivity index (χ1) is 9.41. The van der Waals surface area contributed by atoms with E-state index in [9.17, 15) is 13.5 Å². The van der Waals surface area contributed by atoms with Crippen molar-refractivity contribution in [1.82, 2.24) is 0 Å². The molecule has 2 fully saturated rings. The fourth-order valence-electron chi connectivity index (χ4n) is 4.41. The van der Waals surface area contributed by atoms with E-state index in [1.54, 1.807) is 0 Å². The van der Waals surface area contributed by atoms with E-state index in [0.717, 1.165) is 19.3 Å². The zero-order valence-electron chi connectivity index (χ0n) is 12.8. The van der Waals surface area contributed by atoms with Crippen LogP contribution < -0.4 is 0 Å². The molecule has 2 rings (SSSR count). The van der Waals surface area contributed by atoms with Gasteiger partial charge >= 0.3 is 0 Å². The van der Waals surface area contributed by atoms with Crippen LogP contribution in [0.5, 0.6) is 0 Å². The summed E-state index contributed by atoms with van der Waals surface area (Å²) < 4.78 is 22.6. The Labute approximate surface area is 124 Å². The molecule has 0 spiro atoms. The molecular weight excluding hydrogens is 272 g/mol. The average Bonchev–Trinajstić information content (AvgIpc) is 2.38. The Bertz CT molecular complexity index is 398. The van der Waals surface area contributed by atoms with Gasteiger partial charge in [-0.3, -0.25) is 0 Å². The van der Waals surface area contributed by atoms with Crippen LogP contribution in [0.2, 0.25) is 0 Å². The molecule has 20 heavy (non-hydrogen) atoms. The molecule has 0 aromatic rings. The fourth-order valence-corrected chi connectivity index (χ4v) is 5.08. The molecule has 0 saturated heterocycles. The van der Waals surface area contributed by atoms with Crippen LogP contribution >= 0.6 is 0 Å². The summed E-state index contributed by atoms with van der Waals surface area (Å²) in [7, 11) is -2.91. The van der Waals surface area contributed by atoms with Gasteiger partial charge in [0.2, 0.25) is 0 Å². The minimum atomic E-state index is -2.91. The predicted molar refractivity (Wildman–Crippen MR) is 82.4 cm³/mol. The van der Waals surface area contributed by atoms with Crippen molar-refractivity contribution in [2.24, 2.45) is 11.8 Å². The number of hydrogen-bond donors (Lipinski definition) is 1. The van der Waals surface area contributed by atoms with Crippen molar-refractivity contribution in [3.05, 3.63) is 0 Å². The van der Waals surface area contributed by atoms with Crippen LogP contribution in [0.25, 0.3) is 0 Å². The summed E-state index contributed by atoms with van der Waals surface area (Å²) in [6, 6.07) is 0. The van der Waals surface area contributed by atoms with Gasteiger partial charge in [0.25, 0.3) is 0 Å². The first kappa shape index (κ1) is 16.3. The maximum absolute atomic E-state index is 11.3. The van der Waals surface area contributed by atoms with E-state index < -0.39 is 15.4 Å². The van der Waals surface area contributed by atoms with Crippen LogP contribution in [0.3, 0.4) is 0 Å². The fraction of sp³-hybridized carbons (Fsp3) is 1.00. The number of rotatable bonds is 5. The summed E-state index contributed by atoms with van der Waals surface area (Å²) in [6.07, 6.45) is 13.4. The second kappa shape index (κ2) is 6.78. The first-order valence-corrected chi connectivity index (χ1v) is 10.4. The molecule has 0 aromatic heterocycles. The maximum atomic E-state index is 11.3. The van der Waals surface area contributed by atoms with E-state index in [1.807, 2.05) is 0 Å². The summed E-state index contributed by atoms with van der Waals surface area (Å²) in [5, 5.41) is 11.1. The molecule has 0 aliphatic heterocycles. The minimum absolute atomic E-state index is 0.215. The molecule has 0 aromatic carbocycles. The average molecular weight is 302 g/mol. The van der Waals surface area contributed by atoms with E-state index in [2.05, 4.69) is 0 Å². The van der Waals surface area contributed by atoms with Gasteiger partial charge in [-0.25, -0.2) is 8.42 Å². The quantitative estimate of drug-likeness (QED) is 0.847. The lowest BCUT2D eigenvalue weighted by atomic mass is 9.64. The Morgan fingerprint density at radius 2 is 1.70 bits per heavy atom. The van der Waals surface area contributed by atoms with Crippen molar-refractivity contribution in [1.29, 1.82) is 0 Å². The summed E-state index contributed by atoms with van der Waals surface area (Å²) >= 11 is 0. The van der Waals surface area contributed by atoms with Crippen molar-refractivity contribution >= 4 is 9.84 Å². The van der Waals surface area contributed by atoms with Crippen molar-refractivity contribution in [2.45, 2.75) is 76.2 Å². The Morgan fingerprint density at radius 3 is 2.35 bits per heavy atom. The maximum Gasteiger partial charge on any atom is 0.147 e. The monoisotopic (exact) mass is 302 g/mol. The third-order valence-corrected chi connectivity index (χ3v) is 6.44. The zero-order valence-corrected chi connectivity index (χ0v) is 13.6. The Kier molecular flexibility index (Phi) is 5.52. The lowest BCUT2D eigenvalue weighted by molar-refractivity contribution is -0.0830. The van der Waals surface area contributed by atoms with Gasteiger partial charge in [0.1, 0.15) is 9.84 Å². The molecule has 0 heterocycles. The predicted octanol–water partition coefficient (Wildman–Crippen LogP) is 3.31. The highest BCUT2D eigenvalue weighted by molar-refractivity contribution is 7.90. The normalized spacial score (nSPS) is 33.2. The van der Waals surface area contributed by atoms with Gasteiger partial charge in [0.15, 0.2) is 0 Å². The van der Waals surface area contributed by atoms with E-state index in [4.69, 9.17) is 0 Å². The molecule has 2 atom stereocenters. The van der Waals surface area contributed by atoms with Gasteiger partial charge in [0, 0.05) is 12.0 Å². The number of hydrogen-bond acceptors (Lipinski definition) is 3. The minimum Gasteiger partial charge on any atom is -0.390 e. The Morgan fingerprint density at radius 1 is 1.05 bits per heavy atom. The molecule has 0 bridgehead atoms. The third kappa shape index (κ3) is 4.45. The summed E-state index contributed by atoms with van der Waals surface area (Å²) in [6.45, 7) is 0. The molecule has 0 radical (unpaired) electrons. The highest BCUT2D eigenvalue weighted by Gasteiger charge is 2.42. The summed E-state index contributed by atoms with van der Waals surface area (Å²) in [4.78, 5) is 0. The van der Waals surface area contributed by atoms with Crippen molar-refractivity contribution < 1.29 is 13.5 Å². The second-order valence-corrected chi connectivity index (χ2v) is 9.35. The van der Waals surface area contributed by atoms with Gasteiger partial charge in [-0.1, -0.05) is 44.9 Å². The molecule has 3 nitrogen and oxygen atoms in total. The summed E-state index contributed by atoms with van der Waals surface area (Å²) in [5.41, 5.74) is -0.592. The molecule has 2 aliphatic rings. The van der Waals surface area contributed by atoms with Gasteiger partial charge in [-0.05, 0) is 37.5 Å². The molecular formula is C16H30O3S. The van der Waals surface area contributed by atoms with E-state index in [1.165, 1.54) is 44.8 Å². The largest absolute Gasteiger partial charge is 0.390 e. The van der Waals surface area contributed by atoms with E-state index in [-0.39, 0.29) is 5.75 Å². The van der Waals surface area contributed by atoms with Gasteiger partial charge in [0.05, 0.1) is 5.60 Å². The molecule has 118 valence electrons. The van der Waals surface area contributed by atoms with E-state index >= 15 is 0 Å². The molecule has 4 heteroatoms. The Hall–Kier alpha value is -0.0900. The standard InChI is InChI=1S/C16H30O3S/c1-20(18,19)13-7-12-16(17)11-6-5-10-15(16)14-8-3-2-4-9-14/h14-15,17H,2-13H2,1H3. The smallest absolute Gasteiger partial charge is 0.147 e. The first-order valence-electron chi connectivity index (χ1n) is 8.31. The van der Waals surface area contributed by atoms with Crippen molar-refractivity contribution in [2.75, 3.05) is 12.0 Å². The lowest BCUT2D eigenvalue weighted by Crippen LogP contribution is -2.45. The lowest BCUT2D eigenvalue weighted by Gasteiger charge is -2.45. The van der Waals surface area contributed by atoms with Crippen molar-refractivity contribution in [3.63, 3.8) is 0 Å². The highest BCUT2D eigenvalue weighted by atomic mass is 32.2. The molecule has 2 saturated carbocycles. The van der Waals surface area contributed by atoms with Gasteiger partial charge in [-0.2, -0.15) is 0 Å².